The topological polar surface area (TPSA) is 72.1 Å². The van der Waals surface area contributed by atoms with Gasteiger partial charge in [0.1, 0.15) is 30.1 Å². The van der Waals surface area contributed by atoms with Crippen LogP contribution < -0.4 is 10.1 Å². The molecule has 1 fully saturated rings. The lowest BCUT2D eigenvalue weighted by atomic mass is 10.1. The molecule has 0 bridgehead atoms. The van der Waals surface area contributed by atoms with Crippen molar-refractivity contribution in [2.45, 2.75) is 19.3 Å². The van der Waals surface area contributed by atoms with Gasteiger partial charge in [0.15, 0.2) is 0 Å². The normalized spacial score (nSPS) is 14.4. The molecule has 5 nitrogen and oxygen atoms in total. The molecule has 1 aromatic rings. The third kappa shape index (κ3) is 5.49. The maximum atomic E-state index is 8.68. The summed E-state index contributed by atoms with van der Waals surface area (Å²) in [5, 5.41) is 20.7. The molecule has 0 spiro atoms. The summed E-state index contributed by atoms with van der Waals surface area (Å²) in [4.78, 5) is 2.41. The van der Waals surface area contributed by atoms with Crippen molar-refractivity contribution >= 4 is 17.3 Å². The first-order valence-corrected chi connectivity index (χ1v) is 8.02. The summed E-state index contributed by atoms with van der Waals surface area (Å²) < 4.78 is 5.74. The molecule has 0 atom stereocenters. The van der Waals surface area contributed by atoms with Crippen LogP contribution in [0.15, 0.2) is 30.0 Å². The number of ether oxygens (including phenoxy) is 1. The van der Waals surface area contributed by atoms with Gasteiger partial charge in [-0.05, 0) is 44.1 Å². The minimum Gasteiger partial charge on any atom is -0.491 e. The number of anilines is 1. The Balaban J connectivity index is 1.85. The number of halogens is 1. The second kappa shape index (κ2) is 9.05. The molecule has 0 aliphatic carbocycles. The zero-order chi connectivity index (χ0) is 16.5. The largest absolute Gasteiger partial charge is 0.491 e. The van der Waals surface area contributed by atoms with Crippen molar-refractivity contribution in [3.8, 4) is 17.9 Å². The van der Waals surface area contributed by atoms with Gasteiger partial charge in [-0.2, -0.15) is 10.5 Å². The van der Waals surface area contributed by atoms with Crippen molar-refractivity contribution in [3.05, 3.63) is 35.0 Å². The summed E-state index contributed by atoms with van der Waals surface area (Å²) >= 11 is 6.20. The van der Waals surface area contributed by atoms with E-state index in [1.807, 2.05) is 0 Å². The Morgan fingerprint density at radius 3 is 2.65 bits per heavy atom. The number of benzene rings is 1. The zero-order valence-corrected chi connectivity index (χ0v) is 13.6. The molecule has 6 heteroatoms. The smallest absolute Gasteiger partial charge is 0.145 e. The Kier molecular flexibility index (Phi) is 6.75. The van der Waals surface area contributed by atoms with Gasteiger partial charge in [0.25, 0.3) is 0 Å². The standard InChI is InChI=1S/C17H19ClN4O/c18-16-10-15(21-13-14(11-19)12-20)4-5-17(16)23-9-8-22-6-2-1-3-7-22/h4-5,10,13,21H,1-3,6-9H2. The number of hydrogen-bond donors (Lipinski definition) is 1. The van der Waals surface area contributed by atoms with Gasteiger partial charge < -0.3 is 10.1 Å². The molecule has 0 radical (unpaired) electrons. The SMILES string of the molecule is N#CC(C#N)=CNc1ccc(OCCN2CCCCC2)c(Cl)c1. The molecular weight excluding hydrogens is 312 g/mol. The number of nitriles is 2. The third-order valence-corrected chi connectivity index (χ3v) is 3.97. The molecule has 1 aromatic carbocycles. The summed E-state index contributed by atoms with van der Waals surface area (Å²) in [7, 11) is 0. The Labute approximate surface area is 141 Å². The lowest BCUT2D eigenvalue weighted by molar-refractivity contribution is 0.183. The van der Waals surface area contributed by atoms with Crippen LogP contribution in [0.5, 0.6) is 5.75 Å². The number of likely N-dealkylation sites (tertiary alicyclic amines) is 1. The van der Waals surface area contributed by atoms with Gasteiger partial charge in [-0.25, -0.2) is 0 Å². The monoisotopic (exact) mass is 330 g/mol. The minimum absolute atomic E-state index is 0.00276. The molecule has 1 saturated heterocycles. The van der Waals surface area contributed by atoms with Gasteiger partial charge in [-0.3, -0.25) is 4.90 Å². The Morgan fingerprint density at radius 2 is 2.00 bits per heavy atom. The molecule has 1 aliphatic rings. The molecule has 1 heterocycles. The Hall–Kier alpha value is -2.21. The van der Waals surface area contributed by atoms with Gasteiger partial charge in [-0.1, -0.05) is 18.0 Å². The van der Waals surface area contributed by atoms with Crippen LogP contribution in [-0.2, 0) is 0 Å². The van der Waals surface area contributed by atoms with Crippen LogP contribution >= 0.6 is 11.6 Å². The highest BCUT2D eigenvalue weighted by atomic mass is 35.5. The molecular formula is C17H19ClN4O. The van der Waals surface area contributed by atoms with Crippen molar-refractivity contribution in [1.29, 1.82) is 10.5 Å². The van der Waals surface area contributed by atoms with Crippen molar-refractivity contribution < 1.29 is 4.74 Å². The second-order valence-corrected chi connectivity index (χ2v) is 5.73. The minimum atomic E-state index is 0.00276. The summed E-state index contributed by atoms with van der Waals surface area (Å²) in [5.41, 5.74) is 0.698. The molecule has 23 heavy (non-hydrogen) atoms. The predicted octanol–water partition coefficient (Wildman–Crippen LogP) is 3.55. The van der Waals surface area contributed by atoms with E-state index in [0.29, 0.717) is 23.1 Å². The van der Waals surface area contributed by atoms with Crippen molar-refractivity contribution in [2.24, 2.45) is 0 Å². The van der Waals surface area contributed by atoms with Crippen LogP contribution in [0.1, 0.15) is 19.3 Å². The van der Waals surface area contributed by atoms with E-state index in [0.717, 1.165) is 19.6 Å². The van der Waals surface area contributed by atoms with Gasteiger partial charge >= 0.3 is 0 Å². The van der Waals surface area contributed by atoms with Crippen molar-refractivity contribution in [2.75, 3.05) is 31.6 Å². The van der Waals surface area contributed by atoms with Gasteiger partial charge in [0.05, 0.1) is 5.02 Å². The number of rotatable bonds is 6. The molecule has 0 aromatic heterocycles. The maximum Gasteiger partial charge on any atom is 0.145 e. The molecule has 1 N–H and O–H groups in total. The summed E-state index contributed by atoms with van der Waals surface area (Å²) in [6, 6.07) is 8.85. The van der Waals surface area contributed by atoms with E-state index in [4.69, 9.17) is 26.9 Å². The van der Waals surface area contributed by atoms with E-state index in [2.05, 4.69) is 10.2 Å². The van der Waals surface area contributed by atoms with Gasteiger partial charge in [0.2, 0.25) is 0 Å². The highest BCUT2D eigenvalue weighted by Crippen LogP contribution is 2.27. The predicted molar refractivity (Wildman–Crippen MR) is 90.2 cm³/mol. The van der Waals surface area contributed by atoms with Crippen LogP contribution in [0.2, 0.25) is 5.02 Å². The Morgan fingerprint density at radius 1 is 1.26 bits per heavy atom. The average molecular weight is 331 g/mol. The summed E-state index contributed by atoms with van der Waals surface area (Å²) in [5.74, 6) is 0.638. The number of allylic oxidation sites excluding steroid dienone is 1. The van der Waals surface area contributed by atoms with Gasteiger partial charge in [-0.15, -0.1) is 0 Å². The average Bonchev–Trinajstić information content (AvgIpc) is 2.58. The quantitative estimate of drug-likeness (QED) is 0.807. The van der Waals surface area contributed by atoms with Gasteiger partial charge in [0, 0.05) is 18.4 Å². The fourth-order valence-electron chi connectivity index (χ4n) is 2.42. The highest BCUT2D eigenvalue weighted by molar-refractivity contribution is 6.32. The molecule has 1 aliphatic heterocycles. The number of nitrogens with one attached hydrogen (secondary N) is 1. The van der Waals surface area contributed by atoms with E-state index in [9.17, 15) is 0 Å². The van der Waals surface area contributed by atoms with E-state index in [-0.39, 0.29) is 5.57 Å². The fraction of sp³-hybridized carbons (Fsp3) is 0.412. The first kappa shape index (κ1) is 17.1. The van der Waals surface area contributed by atoms with E-state index in [1.165, 1.54) is 25.5 Å². The molecule has 0 unspecified atom stereocenters. The Bertz CT molecular complexity index is 623. The van der Waals surface area contributed by atoms with E-state index >= 15 is 0 Å². The number of nitrogens with zero attached hydrogens (tertiary/aromatic N) is 3. The van der Waals surface area contributed by atoms with Crippen LogP contribution in [0.3, 0.4) is 0 Å². The zero-order valence-electron chi connectivity index (χ0n) is 12.9. The van der Waals surface area contributed by atoms with Crippen LogP contribution in [0.25, 0.3) is 0 Å². The maximum absolute atomic E-state index is 8.68. The number of piperidine rings is 1. The molecule has 0 amide bonds. The van der Waals surface area contributed by atoms with Crippen LogP contribution in [0.4, 0.5) is 5.69 Å². The molecule has 120 valence electrons. The van der Waals surface area contributed by atoms with E-state index in [1.54, 1.807) is 30.3 Å². The van der Waals surface area contributed by atoms with E-state index < -0.39 is 0 Å². The third-order valence-electron chi connectivity index (χ3n) is 3.67. The summed E-state index contributed by atoms with van der Waals surface area (Å²) in [6.45, 7) is 3.81. The van der Waals surface area contributed by atoms with Crippen LogP contribution in [0, 0.1) is 22.7 Å². The van der Waals surface area contributed by atoms with Crippen molar-refractivity contribution in [1.82, 2.24) is 4.90 Å². The number of hydrogen-bond acceptors (Lipinski definition) is 5. The first-order valence-electron chi connectivity index (χ1n) is 7.64. The lowest BCUT2D eigenvalue weighted by Gasteiger charge is -2.26. The molecule has 2 rings (SSSR count). The van der Waals surface area contributed by atoms with Crippen molar-refractivity contribution in [3.63, 3.8) is 0 Å². The first-order chi connectivity index (χ1) is 11.2. The fourth-order valence-corrected chi connectivity index (χ4v) is 2.66. The van der Waals surface area contributed by atoms with Crippen LogP contribution in [-0.4, -0.2) is 31.1 Å². The lowest BCUT2D eigenvalue weighted by Crippen LogP contribution is -2.33. The summed E-state index contributed by atoms with van der Waals surface area (Å²) in [6.07, 6.45) is 5.21. The highest BCUT2D eigenvalue weighted by Gasteiger charge is 2.10. The molecule has 0 saturated carbocycles. The second-order valence-electron chi connectivity index (χ2n) is 5.32.